The lowest BCUT2D eigenvalue weighted by atomic mass is 9.78. The molecular formula is C10H12. The molecule has 0 radical (unpaired) electrons. The average Bonchev–Trinajstić information content (AvgIpc) is 1.92. The lowest BCUT2D eigenvalue weighted by molar-refractivity contribution is 0.666. The molecule has 1 aliphatic carbocycles. The zero-order chi connectivity index (χ0) is 7.14. The van der Waals surface area contributed by atoms with Crippen molar-refractivity contribution in [2.24, 2.45) is 0 Å². The van der Waals surface area contributed by atoms with Gasteiger partial charge in [0.2, 0.25) is 0 Å². The number of hydrogen-bond acceptors (Lipinski definition) is 0. The maximum Gasteiger partial charge on any atom is -0.0147 e. The molecule has 0 aromatic heterocycles. The van der Waals surface area contributed by atoms with Crippen molar-refractivity contribution in [3.63, 3.8) is 0 Å². The highest BCUT2D eigenvalue weighted by molar-refractivity contribution is 5.41. The van der Waals surface area contributed by atoms with Crippen LogP contribution in [0.5, 0.6) is 0 Å². The van der Waals surface area contributed by atoms with Gasteiger partial charge in [-0.2, -0.15) is 0 Å². The fourth-order valence-electron chi connectivity index (χ4n) is 1.67. The summed E-state index contributed by atoms with van der Waals surface area (Å²) in [5.74, 6) is 0.815. The molecule has 1 aromatic rings. The molecule has 2 rings (SSSR count). The monoisotopic (exact) mass is 132 g/mol. The predicted molar refractivity (Wildman–Crippen MR) is 43.3 cm³/mol. The first-order chi connectivity index (χ1) is 4.77. The van der Waals surface area contributed by atoms with Crippen molar-refractivity contribution in [3.8, 4) is 0 Å². The molecule has 0 bridgehead atoms. The summed E-state index contributed by atoms with van der Waals surface area (Å²) in [6, 6.07) is 6.76. The molecule has 0 saturated heterocycles. The van der Waals surface area contributed by atoms with E-state index in [0.29, 0.717) is 0 Å². The molecule has 52 valence electrons. The first-order valence-electron chi connectivity index (χ1n) is 3.87. The van der Waals surface area contributed by atoms with Gasteiger partial charge in [-0.1, -0.05) is 30.7 Å². The van der Waals surface area contributed by atoms with E-state index in [1.165, 1.54) is 12.0 Å². The fraction of sp³-hybridized carbons (Fsp3) is 0.400. The summed E-state index contributed by atoms with van der Waals surface area (Å²) < 4.78 is 0. The third-order valence-electron chi connectivity index (χ3n) is 2.36. The number of hydrogen-bond donors (Lipinski definition) is 0. The van der Waals surface area contributed by atoms with Gasteiger partial charge in [-0.05, 0) is 30.4 Å². The fourth-order valence-corrected chi connectivity index (χ4v) is 1.67. The minimum atomic E-state index is 0.815. The molecule has 1 aliphatic rings. The Hall–Kier alpha value is -0.780. The predicted octanol–water partition coefficient (Wildman–Crippen LogP) is 2.65. The van der Waals surface area contributed by atoms with E-state index in [1.807, 2.05) is 0 Å². The van der Waals surface area contributed by atoms with E-state index in [0.717, 1.165) is 5.92 Å². The van der Waals surface area contributed by atoms with Gasteiger partial charge >= 0.3 is 0 Å². The molecule has 0 spiro atoms. The zero-order valence-corrected chi connectivity index (χ0v) is 6.52. The van der Waals surface area contributed by atoms with Gasteiger partial charge in [-0.15, -0.1) is 0 Å². The van der Waals surface area contributed by atoms with Crippen molar-refractivity contribution >= 4 is 0 Å². The molecule has 0 amide bonds. The highest BCUT2D eigenvalue weighted by atomic mass is 14.2. The number of rotatable bonds is 0. The topological polar surface area (TPSA) is 0 Å². The maximum absolute atomic E-state index is 2.31. The van der Waals surface area contributed by atoms with Gasteiger partial charge in [0.25, 0.3) is 0 Å². The minimum Gasteiger partial charge on any atom is -0.0590 e. The lowest BCUT2D eigenvalue weighted by Crippen LogP contribution is -2.13. The second-order valence-corrected chi connectivity index (χ2v) is 3.31. The molecule has 0 nitrogen and oxygen atoms in total. The van der Waals surface area contributed by atoms with Crippen molar-refractivity contribution in [2.75, 3.05) is 0 Å². The van der Waals surface area contributed by atoms with E-state index < -0.39 is 0 Å². The van der Waals surface area contributed by atoms with Crippen molar-refractivity contribution in [1.29, 1.82) is 0 Å². The highest BCUT2D eigenvalue weighted by Gasteiger charge is 2.20. The molecule has 10 heavy (non-hydrogen) atoms. The van der Waals surface area contributed by atoms with E-state index in [2.05, 4.69) is 32.0 Å². The Balaban J connectivity index is 2.51. The Kier molecular flexibility index (Phi) is 1.10. The van der Waals surface area contributed by atoms with Gasteiger partial charge in [0.15, 0.2) is 0 Å². The summed E-state index contributed by atoms with van der Waals surface area (Å²) in [6.45, 7) is 4.45. The van der Waals surface area contributed by atoms with Crippen LogP contribution in [0, 0.1) is 6.92 Å². The van der Waals surface area contributed by atoms with Gasteiger partial charge < -0.3 is 0 Å². The Bertz CT molecular complexity index is 261. The summed E-state index contributed by atoms with van der Waals surface area (Å²) in [6.07, 6.45) is 1.29. The Morgan fingerprint density at radius 2 is 2.20 bits per heavy atom. The van der Waals surface area contributed by atoms with Crippen molar-refractivity contribution in [2.45, 2.75) is 26.2 Å². The van der Waals surface area contributed by atoms with Crippen molar-refractivity contribution in [3.05, 3.63) is 34.9 Å². The standard InChI is InChI=1S/C10H12/c1-7-3-4-9-6-8(2)10(9)5-7/h3-5,8H,6H2,1-2H3. The van der Waals surface area contributed by atoms with Gasteiger partial charge in [0.05, 0.1) is 0 Å². The van der Waals surface area contributed by atoms with Crippen LogP contribution in [0.3, 0.4) is 0 Å². The smallest absolute Gasteiger partial charge is 0.0147 e. The molecule has 1 unspecified atom stereocenters. The van der Waals surface area contributed by atoms with Crippen LogP contribution < -0.4 is 0 Å². The lowest BCUT2D eigenvalue weighted by Gasteiger charge is -2.26. The van der Waals surface area contributed by atoms with Crippen LogP contribution in [-0.2, 0) is 6.42 Å². The van der Waals surface area contributed by atoms with E-state index >= 15 is 0 Å². The van der Waals surface area contributed by atoms with Crippen LogP contribution in [0.2, 0.25) is 0 Å². The number of aryl methyl sites for hydroxylation is 1. The summed E-state index contributed by atoms with van der Waals surface area (Å²) in [4.78, 5) is 0. The van der Waals surface area contributed by atoms with Crippen molar-refractivity contribution < 1.29 is 0 Å². The molecule has 0 heteroatoms. The van der Waals surface area contributed by atoms with Gasteiger partial charge in [0.1, 0.15) is 0 Å². The average molecular weight is 132 g/mol. The third kappa shape index (κ3) is 0.683. The van der Waals surface area contributed by atoms with E-state index in [4.69, 9.17) is 0 Å². The largest absolute Gasteiger partial charge is 0.0590 e. The molecule has 0 heterocycles. The Morgan fingerprint density at radius 1 is 1.40 bits per heavy atom. The van der Waals surface area contributed by atoms with Crippen LogP contribution in [-0.4, -0.2) is 0 Å². The quantitative estimate of drug-likeness (QED) is 0.509. The summed E-state index contributed by atoms with van der Waals surface area (Å²) >= 11 is 0. The normalized spacial score (nSPS) is 21.6. The molecule has 0 N–H and O–H groups in total. The molecule has 0 saturated carbocycles. The van der Waals surface area contributed by atoms with E-state index in [1.54, 1.807) is 11.1 Å². The maximum atomic E-state index is 2.31. The first-order valence-corrected chi connectivity index (χ1v) is 3.87. The van der Waals surface area contributed by atoms with E-state index in [-0.39, 0.29) is 0 Å². The van der Waals surface area contributed by atoms with Crippen LogP contribution >= 0.6 is 0 Å². The second kappa shape index (κ2) is 1.85. The highest BCUT2D eigenvalue weighted by Crippen LogP contribution is 2.34. The van der Waals surface area contributed by atoms with E-state index in [9.17, 15) is 0 Å². The Morgan fingerprint density at radius 3 is 2.80 bits per heavy atom. The van der Waals surface area contributed by atoms with Crippen molar-refractivity contribution in [1.82, 2.24) is 0 Å². The molecular weight excluding hydrogens is 120 g/mol. The first kappa shape index (κ1) is 5.96. The van der Waals surface area contributed by atoms with Gasteiger partial charge in [-0.25, -0.2) is 0 Å². The van der Waals surface area contributed by atoms with Crippen LogP contribution in [0.15, 0.2) is 18.2 Å². The van der Waals surface area contributed by atoms with Crippen LogP contribution in [0.4, 0.5) is 0 Å². The molecule has 0 fully saturated rings. The Labute approximate surface area is 61.9 Å². The summed E-state index contributed by atoms with van der Waals surface area (Å²) in [5.41, 5.74) is 4.52. The van der Waals surface area contributed by atoms with Gasteiger partial charge in [0, 0.05) is 0 Å². The van der Waals surface area contributed by atoms with Crippen LogP contribution in [0.25, 0.3) is 0 Å². The van der Waals surface area contributed by atoms with Crippen LogP contribution in [0.1, 0.15) is 29.5 Å². The number of fused-ring (bicyclic) bond motifs is 1. The second-order valence-electron chi connectivity index (χ2n) is 3.31. The zero-order valence-electron chi connectivity index (χ0n) is 6.52. The summed E-state index contributed by atoms with van der Waals surface area (Å²) in [7, 11) is 0. The minimum absolute atomic E-state index is 0.815. The molecule has 0 aliphatic heterocycles. The molecule has 1 aromatic carbocycles. The van der Waals surface area contributed by atoms with Gasteiger partial charge in [-0.3, -0.25) is 0 Å². The number of benzene rings is 1. The molecule has 1 atom stereocenters. The SMILES string of the molecule is Cc1ccc2c(c1)C(C)C2. The third-order valence-corrected chi connectivity index (χ3v) is 2.36. The summed E-state index contributed by atoms with van der Waals surface area (Å²) in [5, 5.41) is 0.